The van der Waals surface area contributed by atoms with Crippen molar-refractivity contribution in [3.63, 3.8) is 0 Å². The zero-order chi connectivity index (χ0) is 15.9. The largest absolute Gasteiger partial charge is 0.355 e. The van der Waals surface area contributed by atoms with E-state index in [0.717, 1.165) is 44.8 Å². The Morgan fingerprint density at radius 2 is 0.840 bits per heavy atom. The Kier molecular flexibility index (Phi) is 4.10. The molecule has 0 unspecified atom stereocenters. The third-order valence-electron chi connectivity index (χ3n) is 4.04. The molecule has 0 spiro atoms. The first-order valence-corrected chi connectivity index (χ1v) is 7.85. The summed E-state index contributed by atoms with van der Waals surface area (Å²) in [6.07, 6.45) is 8.05. The maximum absolute atomic E-state index is 4.62. The number of nitrogens with one attached hydrogen (secondary N) is 2. The quantitative estimate of drug-likeness (QED) is 0.397. The van der Waals surface area contributed by atoms with Gasteiger partial charge in [0.1, 0.15) is 0 Å². The van der Waals surface area contributed by atoms with E-state index in [1.165, 1.54) is 0 Å². The van der Waals surface area contributed by atoms with Gasteiger partial charge in [0, 0.05) is 48.3 Å². The summed E-state index contributed by atoms with van der Waals surface area (Å²) in [5.41, 5.74) is 7.86. The molecule has 25 heavy (non-hydrogen) atoms. The summed E-state index contributed by atoms with van der Waals surface area (Å²) in [6, 6.07) is 16.4. The summed E-state index contributed by atoms with van der Waals surface area (Å²) in [5, 5.41) is 0. The monoisotopic (exact) mass is 400 g/mol. The number of fused-ring (bicyclic) bond motifs is 8. The van der Waals surface area contributed by atoms with Gasteiger partial charge in [-0.25, -0.2) is 9.97 Å². The predicted octanol–water partition coefficient (Wildman–Crippen LogP) is 4.65. The molecular weight excluding hydrogens is 387 g/mol. The zero-order valence-electron chi connectivity index (χ0n) is 13.3. The Morgan fingerprint density at radius 1 is 0.480 bits per heavy atom. The predicted molar refractivity (Wildman–Crippen MR) is 98.9 cm³/mol. The van der Waals surface area contributed by atoms with Crippen LogP contribution in [0.3, 0.4) is 0 Å². The molecule has 3 aromatic heterocycles. The van der Waals surface area contributed by atoms with Gasteiger partial charge in [-0.05, 0) is 72.8 Å². The molecule has 2 N–H and O–H groups in total. The van der Waals surface area contributed by atoms with E-state index < -0.39 is 0 Å². The number of aromatic amines is 2. The summed E-state index contributed by atoms with van der Waals surface area (Å²) in [7, 11) is 0. The molecule has 3 aromatic rings. The Hall–Kier alpha value is -2.52. The molecule has 8 bridgehead atoms. The first-order valence-electron chi connectivity index (χ1n) is 7.85. The van der Waals surface area contributed by atoms with Crippen molar-refractivity contribution in [2.24, 2.45) is 0 Å². The number of nitrogens with zero attached hydrogens (tertiary/aromatic N) is 2. The van der Waals surface area contributed by atoms with E-state index in [1.54, 1.807) is 0 Å². The molecule has 0 aromatic carbocycles. The minimum Gasteiger partial charge on any atom is -0.355 e. The summed E-state index contributed by atoms with van der Waals surface area (Å²) in [6.45, 7) is 0. The van der Waals surface area contributed by atoms with Gasteiger partial charge in [0.2, 0.25) is 0 Å². The minimum absolute atomic E-state index is 0. The van der Waals surface area contributed by atoms with Crippen molar-refractivity contribution in [1.82, 2.24) is 19.9 Å². The van der Waals surface area contributed by atoms with Gasteiger partial charge in [0.05, 0.1) is 22.8 Å². The number of hydrogen-bond donors (Lipinski definition) is 2. The zero-order valence-corrected chi connectivity index (χ0v) is 15.8. The first kappa shape index (κ1) is 16.0. The Bertz CT molecular complexity index is 1080. The van der Waals surface area contributed by atoms with Gasteiger partial charge in [0.25, 0.3) is 0 Å². The van der Waals surface area contributed by atoms with Crippen LogP contribution in [0.1, 0.15) is 22.8 Å². The van der Waals surface area contributed by atoms with Crippen molar-refractivity contribution >= 4 is 46.4 Å². The molecule has 0 aliphatic carbocycles. The van der Waals surface area contributed by atoms with Crippen LogP contribution in [0.4, 0.5) is 0 Å². The average molecular weight is 402 g/mol. The van der Waals surface area contributed by atoms with Gasteiger partial charge < -0.3 is 9.97 Å². The fourth-order valence-electron chi connectivity index (χ4n) is 2.94. The fourth-order valence-corrected chi connectivity index (χ4v) is 2.94. The van der Waals surface area contributed by atoms with Gasteiger partial charge in [-0.15, -0.1) is 0 Å². The number of H-pyrrole nitrogens is 2. The van der Waals surface area contributed by atoms with E-state index in [2.05, 4.69) is 50.3 Å². The second-order valence-corrected chi connectivity index (χ2v) is 5.91. The van der Waals surface area contributed by atoms with Crippen molar-refractivity contribution in [3.8, 4) is 0 Å². The van der Waals surface area contributed by atoms with E-state index in [4.69, 9.17) is 0 Å². The minimum atomic E-state index is 0. The second-order valence-electron chi connectivity index (χ2n) is 5.91. The topological polar surface area (TPSA) is 57.4 Å². The van der Waals surface area contributed by atoms with E-state index in [0.29, 0.717) is 0 Å². The fraction of sp³-hybridized carbons (Fsp3) is 0. The molecule has 0 fully saturated rings. The van der Waals surface area contributed by atoms with E-state index >= 15 is 0 Å². The number of hydrogen-bond acceptors (Lipinski definition) is 2. The Balaban J connectivity index is 0.00000157. The van der Waals surface area contributed by atoms with Crippen LogP contribution < -0.4 is 0 Å². The third-order valence-corrected chi connectivity index (χ3v) is 4.04. The number of aromatic nitrogens is 4. The third kappa shape index (κ3) is 3.33. The molecule has 0 saturated heterocycles. The number of rotatable bonds is 0. The summed E-state index contributed by atoms with van der Waals surface area (Å²) in [5.74, 6) is 0. The molecule has 4 nitrogen and oxygen atoms in total. The van der Waals surface area contributed by atoms with E-state index in [-0.39, 0.29) is 26.2 Å². The maximum atomic E-state index is 4.62. The summed E-state index contributed by atoms with van der Waals surface area (Å²) in [4.78, 5) is 16.0. The molecule has 0 amide bonds. The molecule has 0 saturated carbocycles. The van der Waals surface area contributed by atoms with Crippen molar-refractivity contribution < 1.29 is 26.2 Å². The maximum Gasteiger partial charge on any atom is 0.0659 e. The van der Waals surface area contributed by atoms with Gasteiger partial charge in [-0.1, -0.05) is 0 Å². The van der Waals surface area contributed by atoms with E-state index in [9.17, 15) is 0 Å². The second kappa shape index (κ2) is 6.42. The van der Waals surface area contributed by atoms with Crippen molar-refractivity contribution in [3.05, 3.63) is 71.3 Å². The van der Waals surface area contributed by atoms with Gasteiger partial charge in [0.15, 0.2) is 0 Å². The summed E-state index contributed by atoms with van der Waals surface area (Å²) >= 11 is 0. The van der Waals surface area contributed by atoms with Crippen LogP contribution in [-0.2, 0) is 26.2 Å². The molecular formula is C20H14N4Zr. The summed E-state index contributed by atoms with van der Waals surface area (Å²) < 4.78 is 0. The van der Waals surface area contributed by atoms with Gasteiger partial charge in [-0.3, -0.25) is 0 Å². The van der Waals surface area contributed by atoms with Crippen molar-refractivity contribution in [1.29, 1.82) is 0 Å². The van der Waals surface area contributed by atoms with Crippen LogP contribution in [0.2, 0.25) is 0 Å². The van der Waals surface area contributed by atoms with Crippen LogP contribution in [0.25, 0.3) is 46.4 Å². The first-order chi connectivity index (χ1) is 11.8. The molecule has 5 heteroatoms. The van der Waals surface area contributed by atoms with Crippen LogP contribution in [0, 0.1) is 0 Å². The Labute approximate surface area is 163 Å². The standard InChI is InChI=1S/C20H14N4.Zr/c1-2-14-10-16-5-6-18(23-16)12-20-8-7-19(24-20)11-17-4-3-15(22-17)9-13(1)21-14;/h1-12,21-22H;. The molecule has 0 radical (unpaired) electrons. The SMILES string of the molecule is C1=Cc2cc3ccc(cc4ccc(cc5nc(cc1n2)C=C5)[nH]4)[nH]3.[Zr]. The van der Waals surface area contributed by atoms with Crippen LogP contribution in [-0.4, -0.2) is 19.9 Å². The molecule has 5 rings (SSSR count). The molecule has 0 atom stereocenters. The van der Waals surface area contributed by atoms with Crippen molar-refractivity contribution in [2.45, 2.75) is 0 Å². The molecule has 2 aliphatic heterocycles. The van der Waals surface area contributed by atoms with Gasteiger partial charge in [-0.2, -0.15) is 0 Å². The Morgan fingerprint density at radius 3 is 1.28 bits per heavy atom. The average Bonchev–Trinajstić information content (AvgIpc) is 3.32. The van der Waals surface area contributed by atoms with Crippen molar-refractivity contribution in [2.75, 3.05) is 0 Å². The normalized spacial score (nSPS) is 12.2. The van der Waals surface area contributed by atoms with Gasteiger partial charge >= 0.3 is 0 Å². The molecule has 5 heterocycles. The molecule has 118 valence electrons. The molecule has 2 aliphatic rings. The van der Waals surface area contributed by atoms with E-state index in [1.807, 2.05) is 42.5 Å². The van der Waals surface area contributed by atoms with Crippen LogP contribution >= 0.6 is 0 Å². The van der Waals surface area contributed by atoms with Crippen LogP contribution in [0.15, 0.2) is 48.5 Å². The smallest absolute Gasteiger partial charge is 0.0659 e. The van der Waals surface area contributed by atoms with Crippen LogP contribution in [0.5, 0.6) is 0 Å².